The molecule has 0 aliphatic carbocycles. The van der Waals surface area contributed by atoms with Crippen LogP contribution in [0.15, 0.2) is 24.3 Å². The number of aryl methyl sites for hydroxylation is 1. The third-order valence-electron chi connectivity index (χ3n) is 3.89. The second-order valence-corrected chi connectivity index (χ2v) is 6.56. The number of benzene rings is 1. The molecule has 0 unspecified atom stereocenters. The first-order chi connectivity index (χ1) is 10.1. The molecule has 4 nitrogen and oxygen atoms in total. The Morgan fingerprint density at radius 1 is 1.38 bits per heavy atom. The molecule has 2 atom stereocenters. The van der Waals surface area contributed by atoms with Crippen molar-refractivity contribution < 1.29 is 9.50 Å². The third-order valence-corrected chi connectivity index (χ3v) is 4.76. The molecule has 1 N–H and O–H groups in total. The molecular formula is C15H18FN3OS. The van der Waals surface area contributed by atoms with Gasteiger partial charge in [-0.05, 0) is 43.9 Å². The van der Waals surface area contributed by atoms with Crippen LogP contribution in [0, 0.1) is 12.7 Å². The number of rotatable bonds is 4. The average molecular weight is 307 g/mol. The van der Waals surface area contributed by atoms with Crippen molar-refractivity contribution in [3.63, 3.8) is 0 Å². The first-order valence-electron chi connectivity index (χ1n) is 7.14. The summed E-state index contributed by atoms with van der Waals surface area (Å²) in [5, 5.41) is 20.5. The SMILES string of the molecule is Cc1nnc(N2CCC[C@H]2C[C@@H](O)c2ccc(F)cc2)s1. The Kier molecular flexibility index (Phi) is 4.17. The van der Waals surface area contributed by atoms with Gasteiger partial charge < -0.3 is 10.0 Å². The van der Waals surface area contributed by atoms with Crippen LogP contribution in [-0.4, -0.2) is 27.9 Å². The van der Waals surface area contributed by atoms with E-state index in [0.717, 1.165) is 35.1 Å². The van der Waals surface area contributed by atoms with Crippen LogP contribution in [-0.2, 0) is 0 Å². The highest BCUT2D eigenvalue weighted by Gasteiger charge is 2.29. The summed E-state index contributed by atoms with van der Waals surface area (Å²) >= 11 is 1.59. The van der Waals surface area contributed by atoms with Gasteiger partial charge in [-0.25, -0.2) is 4.39 Å². The number of nitrogens with zero attached hydrogens (tertiary/aromatic N) is 3. The van der Waals surface area contributed by atoms with Crippen LogP contribution in [0.4, 0.5) is 9.52 Å². The van der Waals surface area contributed by atoms with Crippen molar-refractivity contribution in [1.29, 1.82) is 0 Å². The van der Waals surface area contributed by atoms with Gasteiger partial charge in [-0.3, -0.25) is 0 Å². The molecule has 0 saturated carbocycles. The highest BCUT2D eigenvalue weighted by Crippen LogP contribution is 2.32. The van der Waals surface area contributed by atoms with E-state index in [9.17, 15) is 9.50 Å². The maximum absolute atomic E-state index is 12.9. The van der Waals surface area contributed by atoms with Crippen molar-refractivity contribution in [2.45, 2.75) is 38.3 Å². The number of halogens is 1. The Labute approximate surface area is 127 Å². The van der Waals surface area contributed by atoms with Crippen LogP contribution in [0.2, 0.25) is 0 Å². The number of hydrogen-bond donors (Lipinski definition) is 1. The van der Waals surface area contributed by atoms with E-state index in [1.165, 1.54) is 12.1 Å². The maximum Gasteiger partial charge on any atom is 0.208 e. The highest BCUT2D eigenvalue weighted by molar-refractivity contribution is 7.15. The van der Waals surface area contributed by atoms with Gasteiger partial charge in [0.2, 0.25) is 5.13 Å². The zero-order valence-electron chi connectivity index (χ0n) is 11.9. The van der Waals surface area contributed by atoms with E-state index in [-0.39, 0.29) is 11.9 Å². The summed E-state index contributed by atoms with van der Waals surface area (Å²) in [5.74, 6) is -0.280. The highest BCUT2D eigenvalue weighted by atomic mass is 32.1. The molecule has 1 aliphatic heterocycles. The number of anilines is 1. The number of aromatic nitrogens is 2. The first-order valence-corrected chi connectivity index (χ1v) is 7.95. The molecule has 2 aromatic rings. The molecule has 112 valence electrons. The van der Waals surface area contributed by atoms with E-state index in [1.54, 1.807) is 23.5 Å². The molecule has 1 aromatic heterocycles. The zero-order chi connectivity index (χ0) is 14.8. The van der Waals surface area contributed by atoms with Gasteiger partial charge in [-0.1, -0.05) is 23.5 Å². The lowest BCUT2D eigenvalue weighted by molar-refractivity contribution is 0.158. The molecular weight excluding hydrogens is 289 g/mol. The zero-order valence-corrected chi connectivity index (χ0v) is 12.7. The molecule has 0 spiro atoms. The summed E-state index contributed by atoms with van der Waals surface area (Å²) in [7, 11) is 0. The van der Waals surface area contributed by atoms with Crippen molar-refractivity contribution in [1.82, 2.24) is 10.2 Å². The van der Waals surface area contributed by atoms with E-state index < -0.39 is 6.10 Å². The molecule has 1 fully saturated rings. The normalized spacial score (nSPS) is 20.0. The largest absolute Gasteiger partial charge is 0.388 e. The van der Waals surface area contributed by atoms with E-state index in [0.29, 0.717) is 6.42 Å². The lowest BCUT2D eigenvalue weighted by Crippen LogP contribution is -2.30. The Morgan fingerprint density at radius 3 is 2.81 bits per heavy atom. The van der Waals surface area contributed by atoms with Crippen LogP contribution in [0.5, 0.6) is 0 Å². The van der Waals surface area contributed by atoms with E-state index in [4.69, 9.17) is 0 Å². The topological polar surface area (TPSA) is 49.2 Å². The van der Waals surface area contributed by atoms with Crippen LogP contribution in [0.1, 0.15) is 35.9 Å². The molecule has 1 aromatic carbocycles. The van der Waals surface area contributed by atoms with Crippen LogP contribution in [0.25, 0.3) is 0 Å². The summed E-state index contributed by atoms with van der Waals surface area (Å²) < 4.78 is 12.9. The summed E-state index contributed by atoms with van der Waals surface area (Å²) in [4.78, 5) is 2.23. The molecule has 1 saturated heterocycles. The fraction of sp³-hybridized carbons (Fsp3) is 0.467. The molecule has 0 radical (unpaired) electrons. The molecule has 1 aliphatic rings. The molecule has 0 amide bonds. The molecule has 21 heavy (non-hydrogen) atoms. The number of hydrogen-bond acceptors (Lipinski definition) is 5. The van der Waals surface area contributed by atoms with Crippen molar-refractivity contribution >= 4 is 16.5 Å². The van der Waals surface area contributed by atoms with Crippen LogP contribution >= 0.6 is 11.3 Å². The van der Waals surface area contributed by atoms with Gasteiger partial charge in [0, 0.05) is 12.6 Å². The van der Waals surface area contributed by atoms with Crippen molar-refractivity contribution in [2.24, 2.45) is 0 Å². The quantitative estimate of drug-likeness (QED) is 0.943. The van der Waals surface area contributed by atoms with Gasteiger partial charge in [0.05, 0.1) is 6.10 Å². The predicted molar refractivity (Wildman–Crippen MR) is 81.0 cm³/mol. The van der Waals surface area contributed by atoms with Gasteiger partial charge in [0.25, 0.3) is 0 Å². The molecule has 6 heteroatoms. The van der Waals surface area contributed by atoms with Crippen molar-refractivity contribution in [2.75, 3.05) is 11.4 Å². The lowest BCUT2D eigenvalue weighted by Gasteiger charge is -2.25. The number of aliphatic hydroxyl groups is 1. The average Bonchev–Trinajstić information content (AvgIpc) is 3.08. The Morgan fingerprint density at radius 2 is 2.14 bits per heavy atom. The van der Waals surface area contributed by atoms with Gasteiger partial charge in [-0.2, -0.15) is 0 Å². The third kappa shape index (κ3) is 3.22. The minimum absolute atomic E-state index is 0.261. The Hall–Kier alpha value is -1.53. The van der Waals surface area contributed by atoms with Crippen LogP contribution < -0.4 is 4.90 Å². The van der Waals surface area contributed by atoms with Gasteiger partial charge >= 0.3 is 0 Å². The molecule has 3 rings (SSSR count). The summed E-state index contributed by atoms with van der Waals surface area (Å²) in [6, 6.07) is 6.33. The fourth-order valence-electron chi connectivity index (χ4n) is 2.81. The second-order valence-electron chi connectivity index (χ2n) is 5.40. The van der Waals surface area contributed by atoms with E-state index >= 15 is 0 Å². The molecule has 2 heterocycles. The summed E-state index contributed by atoms with van der Waals surface area (Å²) in [5.41, 5.74) is 0.761. The Balaban J connectivity index is 1.69. The first kappa shape index (κ1) is 14.4. The standard InChI is InChI=1S/C15H18FN3OS/c1-10-17-18-15(21-10)19-8-2-3-13(19)9-14(20)11-4-6-12(16)7-5-11/h4-7,13-14,20H,2-3,8-9H2,1H3/t13-,14+/m0/s1. The smallest absolute Gasteiger partial charge is 0.208 e. The summed E-state index contributed by atoms with van der Waals surface area (Å²) in [6.07, 6.45) is 2.19. The van der Waals surface area contributed by atoms with Gasteiger partial charge in [0.1, 0.15) is 10.8 Å². The Bertz CT molecular complexity index is 601. The minimum atomic E-state index is -0.579. The second kappa shape index (κ2) is 6.07. The van der Waals surface area contributed by atoms with Crippen molar-refractivity contribution in [3.8, 4) is 0 Å². The fourth-order valence-corrected chi connectivity index (χ4v) is 3.60. The lowest BCUT2D eigenvalue weighted by atomic mass is 10.0. The van der Waals surface area contributed by atoms with Crippen molar-refractivity contribution in [3.05, 3.63) is 40.7 Å². The molecule has 0 bridgehead atoms. The monoisotopic (exact) mass is 307 g/mol. The van der Waals surface area contributed by atoms with E-state index in [1.807, 2.05) is 6.92 Å². The summed E-state index contributed by atoms with van der Waals surface area (Å²) in [6.45, 7) is 2.90. The predicted octanol–water partition coefficient (Wildman–Crippen LogP) is 3.08. The van der Waals surface area contributed by atoms with Gasteiger partial charge in [-0.15, -0.1) is 10.2 Å². The maximum atomic E-state index is 12.9. The number of aliphatic hydroxyl groups excluding tert-OH is 1. The van der Waals surface area contributed by atoms with E-state index in [2.05, 4.69) is 15.1 Å². The van der Waals surface area contributed by atoms with Gasteiger partial charge in [0.15, 0.2) is 0 Å². The minimum Gasteiger partial charge on any atom is -0.388 e. The van der Waals surface area contributed by atoms with Crippen LogP contribution in [0.3, 0.4) is 0 Å².